The Labute approximate surface area is 92.0 Å². The summed E-state index contributed by atoms with van der Waals surface area (Å²) in [6.45, 7) is 6.33. The molecular weight excluding hydrogens is 188 g/mol. The van der Waals surface area contributed by atoms with Gasteiger partial charge in [0, 0.05) is 19.5 Å². The smallest absolute Gasteiger partial charge is 0.227 e. The number of nitrogens with one attached hydrogen (secondary N) is 2. The quantitative estimate of drug-likeness (QED) is 0.534. The Morgan fingerprint density at radius 3 is 3.00 bits per heavy atom. The molecule has 0 aromatic carbocycles. The highest BCUT2D eigenvalue weighted by Crippen LogP contribution is 2.25. The lowest BCUT2D eigenvalue weighted by atomic mass is 9.82. The molecule has 0 aromatic rings. The topological polar surface area (TPSA) is 41.1 Å². The molecule has 0 aromatic heterocycles. The molecule has 3 nitrogen and oxygen atoms in total. The monoisotopic (exact) mass is 208 g/mol. The highest BCUT2D eigenvalue weighted by Gasteiger charge is 2.33. The number of carbonyl (C=O) groups is 1. The molecule has 1 atom stereocenters. The van der Waals surface area contributed by atoms with Crippen LogP contribution >= 0.6 is 0 Å². The molecule has 1 saturated heterocycles. The molecule has 2 N–H and O–H groups in total. The summed E-state index contributed by atoms with van der Waals surface area (Å²) in [7, 11) is 0. The van der Waals surface area contributed by atoms with Crippen molar-refractivity contribution in [2.45, 2.75) is 33.1 Å². The first kappa shape index (κ1) is 12.1. The van der Waals surface area contributed by atoms with Crippen molar-refractivity contribution in [3.63, 3.8) is 0 Å². The van der Waals surface area contributed by atoms with Crippen LogP contribution in [0, 0.1) is 17.3 Å². The molecule has 3 heteroatoms. The van der Waals surface area contributed by atoms with Crippen molar-refractivity contribution < 1.29 is 4.79 Å². The van der Waals surface area contributed by atoms with E-state index in [1.54, 1.807) is 0 Å². The van der Waals surface area contributed by atoms with Crippen molar-refractivity contribution in [3.8, 4) is 11.8 Å². The molecule has 1 aliphatic heterocycles. The lowest BCUT2D eigenvalue weighted by Crippen LogP contribution is -2.48. The number of rotatable bonds is 3. The number of amides is 1. The lowest BCUT2D eigenvalue weighted by molar-refractivity contribution is -0.131. The first-order valence-electron chi connectivity index (χ1n) is 5.58. The van der Waals surface area contributed by atoms with Gasteiger partial charge in [0.05, 0.1) is 5.41 Å². The van der Waals surface area contributed by atoms with Gasteiger partial charge in [-0.2, -0.15) is 0 Å². The van der Waals surface area contributed by atoms with Gasteiger partial charge in [0.1, 0.15) is 0 Å². The molecule has 0 spiro atoms. The molecule has 15 heavy (non-hydrogen) atoms. The van der Waals surface area contributed by atoms with E-state index in [0.29, 0.717) is 6.54 Å². The maximum absolute atomic E-state index is 11.9. The second-order valence-electron chi connectivity index (χ2n) is 4.27. The Morgan fingerprint density at radius 2 is 2.40 bits per heavy atom. The number of hydrogen-bond donors (Lipinski definition) is 2. The third kappa shape index (κ3) is 3.56. The standard InChI is InChI=1S/C12H20N2O/c1-3-4-5-9-14-11(15)12(2)7-6-8-13-10-12/h13H,5-10H2,1-2H3,(H,14,15). The fourth-order valence-corrected chi connectivity index (χ4v) is 1.83. The van der Waals surface area contributed by atoms with Gasteiger partial charge in [-0.3, -0.25) is 4.79 Å². The van der Waals surface area contributed by atoms with Crippen LogP contribution in [0.25, 0.3) is 0 Å². The van der Waals surface area contributed by atoms with Crippen LogP contribution in [0.2, 0.25) is 0 Å². The summed E-state index contributed by atoms with van der Waals surface area (Å²) in [6.07, 6.45) is 2.80. The fraction of sp³-hybridized carbons (Fsp3) is 0.750. The molecule has 0 aliphatic carbocycles. The average Bonchev–Trinajstić information content (AvgIpc) is 2.25. The minimum atomic E-state index is -0.224. The summed E-state index contributed by atoms with van der Waals surface area (Å²) in [5.74, 6) is 5.92. The number of carbonyl (C=O) groups excluding carboxylic acids is 1. The van der Waals surface area contributed by atoms with Gasteiger partial charge in [-0.1, -0.05) is 0 Å². The van der Waals surface area contributed by atoms with Crippen molar-refractivity contribution in [3.05, 3.63) is 0 Å². The van der Waals surface area contributed by atoms with E-state index in [9.17, 15) is 4.79 Å². The average molecular weight is 208 g/mol. The lowest BCUT2D eigenvalue weighted by Gasteiger charge is -2.32. The predicted octanol–water partition coefficient (Wildman–Crippen LogP) is 0.906. The molecule has 0 radical (unpaired) electrons. The zero-order valence-electron chi connectivity index (χ0n) is 9.65. The Bertz CT molecular complexity index is 269. The van der Waals surface area contributed by atoms with Crippen LogP contribution in [0.1, 0.15) is 33.1 Å². The second-order valence-corrected chi connectivity index (χ2v) is 4.27. The van der Waals surface area contributed by atoms with Crippen molar-refractivity contribution >= 4 is 5.91 Å². The summed E-state index contributed by atoms with van der Waals surface area (Å²) in [6, 6.07) is 0. The van der Waals surface area contributed by atoms with Gasteiger partial charge in [0.25, 0.3) is 0 Å². The van der Waals surface area contributed by atoms with E-state index in [-0.39, 0.29) is 11.3 Å². The van der Waals surface area contributed by atoms with Gasteiger partial charge in [0.15, 0.2) is 0 Å². The number of hydrogen-bond acceptors (Lipinski definition) is 2. The maximum atomic E-state index is 11.9. The van der Waals surface area contributed by atoms with E-state index in [1.807, 2.05) is 13.8 Å². The first-order valence-corrected chi connectivity index (χ1v) is 5.58. The van der Waals surface area contributed by atoms with Gasteiger partial charge >= 0.3 is 0 Å². The highest BCUT2D eigenvalue weighted by molar-refractivity contribution is 5.82. The van der Waals surface area contributed by atoms with Gasteiger partial charge < -0.3 is 10.6 Å². The maximum Gasteiger partial charge on any atom is 0.227 e. The van der Waals surface area contributed by atoms with Crippen LogP contribution in [-0.2, 0) is 4.79 Å². The molecule has 1 fully saturated rings. The number of piperidine rings is 1. The summed E-state index contributed by atoms with van der Waals surface area (Å²) in [5.41, 5.74) is -0.224. The van der Waals surface area contributed by atoms with E-state index >= 15 is 0 Å². The largest absolute Gasteiger partial charge is 0.355 e. The molecule has 1 unspecified atom stereocenters. The van der Waals surface area contributed by atoms with Gasteiger partial charge in [-0.15, -0.1) is 11.8 Å². The molecule has 1 heterocycles. The van der Waals surface area contributed by atoms with E-state index in [0.717, 1.165) is 32.4 Å². The molecule has 84 valence electrons. The van der Waals surface area contributed by atoms with Gasteiger partial charge in [-0.25, -0.2) is 0 Å². The van der Waals surface area contributed by atoms with Crippen LogP contribution in [-0.4, -0.2) is 25.5 Å². The third-order valence-corrected chi connectivity index (χ3v) is 2.86. The van der Waals surface area contributed by atoms with Gasteiger partial charge in [-0.05, 0) is 33.2 Å². The van der Waals surface area contributed by atoms with Crippen LogP contribution in [0.4, 0.5) is 0 Å². The Balaban J connectivity index is 2.33. The van der Waals surface area contributed by atoms with Crippen molar-refractivity contribution in [1.29, 1.82) is 0 Å². The van der Waals surface area contributed by atoms with Crippen molar-refractivity contribution in [1.82, 2.24) is 10.6 Å². The van der Waals surface area contributed by atoms with E-state index < -0.39 is 0 Å². The summed E-state index contributed by atoms with van der Waals surface area (Å²) in [5, 5.41) is 6.22. The third-order valence-electron chi connectivity index (χ3n) is 2.86. The van der Waals surface area contributed by atoms with Crippen molar-refractivity contribution in [2.24, 2.45) is 5.41 Å². The fourth-order valence-electron chi connectivity index (χ4n) is 1.83. The molecule has 0 bridgehead atoms. The van der Waals surface area contributed by atoms with Crippen LogP contribution in [0.3, 0.4) is 0 Å². The van der Waals surface area contributed by atoms with E-state index in [2.05, 4.69) is 22.5 Å². The summed E-state index contributed by atoms with van der Waals surface area (Å²) in [4.78, 5) is 11.9. The minimum Gasteiger partial charge on any atom is -0.355 e. The zero-order valence-corrected chi connectivity index (χ0v) is 9.65. The van der Waals surface area contributed by atoms with Gasteiger partial charge in [0.2, 0.25) is 5.91 Å². The van der Waals surface area contributed by atoms with E-state index in [1.165, 1.54) is 0 Å². The van der Waals surface area contributed by atoms with Crippen molar-refractivity contribution in [2.75, 3.05) is 19.6 Å². The Kier molecular flexibility index (Phi) is 4.64. The molecule has 0 saturated carbocycles. The summed E-state index contributed by atoms with van der Waals surface area (Å²) < 4.78 is 0. The second kappa shape index (κ2) is 5.77. The first-order chi connectivity index (χ1) is 7.19. The Morgan fingerprint density at radius 1 is 1.60 bits per heavy atom. The molecule has 1 rings (SSSR count). The van der Waals surface area contributed by atoms with Crippen LogP contribution < -0.4 is 10.6 Å². The molecule has 1 aliphatic rings. The zero-order chi connectivity index (χ0) is 11.1. The van der Waals surface area contributed by atoms with Crippen LogP contribution in [0.5, 0.6) is 0 Å². The van der Waals surface area contributed by atoms with E-state index in [4.69, 9.17) is 0 Å². The Hall–Kier alpha value is -1.01. The molecule has 1 amide bonds. The SMILES string of the molecule is CC#CCCNC(=O)C1(C)CCCNC1. The normalized spacial score (nSPS) is 25.2. The minimum absolute atomic E-state index is 0.160. The highest BCUT2D eigenvalue weighted by atomic mass is 16.2. The predicted molar refractivity (Wildman–Crippen MR) is 61.3 cm³/mol. The molecular formula is C12H20N2O. The summed E-state index contributed by atoms with van der Waals surface area (Å²) >= 11 is 0. The van der Waals surface area contributed by atoms with Crippen LogP contribution in [0.15, 0.2) is 0 Å².